The average molecular weight is 289 g/mol. The lowest BCUT2D eigenvalue weighted by Crippen LogP contribution is -2.22. The van der Waals surface area contributed by atoms with Gasteiger partial charge in [-0.1, -0.05) is 13.8 Å². The molecule has 0 aliphatic carbocycles. The van der Waals surface area contributed by atoms with Gasteiger partial charge in [-0.15, -0.1) is 0 Å². The Morgan fingerprint density at radius 1 is 1.25 bits per heavy atom. The van der Waals surface area contributed by atoms with E-state index in [-0.39, 0.29) is 0 Å². The Morgan fingerprint density at radius 3 is 2.50 bits per heavy atom. The van der Waals surface area contributed by atoms with Gasteiger partial charge in [0.05, 0.1) is 0 Å². The second kappa shape index (κ2) is 6.95. The first-order valence-corrected chi connectivity index (χ1v) is 8.13. The van der Waals surface area contributed by atoms with Crippen molar-refractivity contribution in [3.63, 3.8) is 0 Å². The molecule has 0 saturated heterocycles. The molecule has 1 N–H and O–H groups in total. The Labute approximate surface area is 125 Å². The zero-order chi connectivity index (χ0) is 14.5. The Balaban J connectivity index is 2.19. The Bertz CT molecular complexity index is 526. The summed E-state index contributed by atoms with van der Waals surface area (Å²) in [6, 6.07) is 2.08. The molecule has 1 atom stereocenters. The quantitative estimate of drug-likeness (QED) is 0.883. The number of thiophene rings is 1. The van der Waals surface area contributed by atoms with E-state index in [2.05, 4.69) is 59.8 Å². The molecule has 0 saturated carbocycles. The monoisotopic (exact) mass is 289 g/mol. The third-order valence-electron chi connectivity index (χ3n) is 3.50. The van der Waals surface area contributed by atoms with Crippen molar-refractivity contribution in [1.82, 2.24) is 15.3 Å². The molecule has 0 aliphatic heterocycles. The van der Waals surface area contributed by atoms with Crippen molar-refractivity contribution in [3.8, 4) is 11.4 Å². The Kier molecular flexibility index (Phi) is 5.26. The summed E-state index contributed by atoms with van der Waals surface area (Å²) in [4.78, 5) is 9.37. The highest BCUT2D eigenvalue weighted by molar-refractivity contribution is 7.08. The molecule has 2 heterocycles. The van der Waals surface area contributed by atoms with Gasteiger partial charge in [0.2, 0.25) is 0 Å². The zero-order valence-corrected chi connectivity index (χ0v) is 13.5. The first-order chi connectivity index (χ1) is 9.61. The van der Waals surface area contributed by atoms with Crippen LogP contribution in [0.15, 0.2) is 16.8 Å². The summed E-state index contributed by atoms with van der Waals surface area (Å²) in [7, 11) is 0. The standard InChI is InChI=1S/C16H23N3S/c1-5-17-9-11(2)8-15-12(3)18-16(19-13(15)4)14-6-7-20-10-14/h6-7,10-11,17H,5,8-9H2,1-4H3. The molecule has 2 aromatic rings. The maximum Gasteiger partial charge on any atom is 0.160 e. The lowest BCUT2D eigenvalue weighted by Gasteiger charge is -2.15. The van der Waals surface area contributed by atoms with E-state index in [1.165, 1.54) is 5.56 Å². The van der Waals surface area contributed by atoms with Crippen LogP contribution in [0.5, 0.6) is 0 Å². The molecule has 0 fully saturated rings. The number of rotatable bonds is 6. The fraction of sp³-hybridized carbons (Fsp3) is 0.500. The van der Waals surface area contributed by atoms with Crippen LogP contribution in [0.1, 0.15) is 30.8 Å². The van der Waals surface area contributed by atoms with E-state index in [0.717, 1.165) is 42.3 Å². The first kappa shape index (κ1) is 15.1. The highest BCUT2D eigenvalue weighted by Crippen LogP contribution is 2.22. The minimum Gasteiger partial charge on any atom is -0.317 e. The van der Waals surface area contributed by atoms with Gasteiger partial charge < -0.3 is 5.32 Å². The highest BCUT2D eigenvalue weighted by Gasteiger charge is 2.13. The SMILES string of the molecule is CCNCC(C)Cc1c(C)nc(-c2ccsc2)nc1C. The molecule has 3 nitrogen and oxygen atoms in total. The van der Waals surface area contributed by atoms with Crippen LogP contribution in [0.25, 0.3) is 11.4 Å². The largest absolute Gasteiger partial charge is 0.317 e. The molecule has 0 spiro atoms. The molecule has 2 aromatic heterocycles. The molecule has 1 unspecified atom stereocenters. The maximum atomic E-state index is 4.68. The van der Waals surface area contributed by atoms with Crippen molar-refractivity contribution in [2.24, 2.45) is 5.92 Å². The highest BCUT2D eigenvalue weighted by atomic mass is 32.1. The lowest BCUT2D eigenvalue weighted by molar-refractivity contribution is 0.517. The first-order valence-electron chi connectivity index (χ1n) is 7.19. The lowest BCUT2D eigenvalue weighted by atomic mass is 9.98. The zero-order valence-electron chi connectivity index (χ0n) is 12.7. The Morgan fingerprint density at radius 2 is 1.95 bits per heavy atom. The smallest absolute Gasteiger partial charge is 0.160 e. The minimum atomic E-state index is 0.600. The molecule has 0 amide bonds. The van der Waals surface area contributed by atoms with Gasteiger partial charge in [0.15, 0.2) is 5.82 Å². The van der Waals surface area contributed by atoms with Crippen molar-refractivity contribution in [3.05, 3.63) is 33.8 Å². The van der Waals surface area contributed by atoms with Crippen molar-refractivity contribution in [2.45, 2.75) is 34.1 Å². The molecule has 0 radical (unpaired) electrons. The van der Waals surface area contributed by atoms with Crippen LogP contribution in [0.4, 0.5) is 0 Å². The van der Waals surface area contributed by atoms with Gasteiger partial charge in [-0.3, -0.25) is 0 Å². The Hall–Kier alpha value is -1.26. The third-order valence-corrected chi connectivity index (χ3v) is 4.18. The number of aromatic nitrogens is 2. The normalized spacial score (nSPS) is 12.6. The number of hydrogen-bond acceptors (Lipinski definition) is 4. The summed E-state index contributed by atoms with van der Waals surface area (Å²) >= 11 is 1.68. The van der Waals surface area contributed by atoms with E-state index in [4.69, 9.17) is 0 Å². The van der Waals surface area contributed by atoms with Crippen LogP contribution in [0, 0.1) is 19.8 Å². The second-order valence-electron chi connectivity index (χ2n) is 5.33. The summed E-state index contributed by atoms with van der Waals surface area (Å²) in [5, 5.41) is 7.57. The minimum absolute atomic E-state index is 0.600. The van der Waals surface area contributed by atoms with Crippen LogP contribution in [-0.4, -0.2) is 23.1 Å². The van der Waals surface area contributed by atoms with Gasteiger partial charge in [0.25, 0.3) is 0 Å². The number of hydrogen-bond donors (Lipinski definition) is 1. The van der Waals surface area contributed by atoms with E-state index >= 15 is 0 Å². The van der Waals surface area contributed by atoms with Crippen molar-refractivity contribution in [1.29, 1.82) is 0 Å². The molecule has 2 rings (SSSR count). The van der Waals surface area contributed by atoms with E-state index in [1.807, 2.05) is 0 Å². The number of aryl methyl sites for hydroxylation is 2. The maximum absolute atomic E-state index is 4.68. The van der Waals surface area contributed by atoms with Crippen molar-refractivity contribution < 1.29 is 0 Å². The van der Waals surface area contributed by atoms with Gasteiger partial charge >= 0.3 is 0 Å². The fourth-order valence-electron chi connectivity index (χ4n) is 2.37. The molecule has 0 aliphatic rings. The average Bonchev–Trinajstić information content (AvgIpc) is 2.94. The molecular weight excluding hydrogens is 266 g/mol. The molecule has 20 heavy (non-hydrogen) atoms. The van der Waals surface area contributed by atoms with Gasteiger partial charge in [-0.25, -0.2) is 9.97 Å². The summed E-state index contributed by atoms with van der Waals surface area (Å²) in [5.74, 6) is 1.45. The van der Waals surface area contributed by atoms with Gasteiger partial charge in [0.1, 0.15) is 0 Å². The molecule has 4 heteroatoms. The van der Waals surface area contributed by atoms with Crippen LogP contribution < -0.4 is 5.32 Å². The van der Waals surface area contributed by atoms with Crippen LogP contribution in [0.3, 0.4) is 0 Å². The van der Waals surface area contributed by atoms with E-state index < -0.39 is 0 Å². The molecule has 0 aromatic carbocycles. The van der Waals surface area contributed by atoms with Gasteiger partial charge in [-0.05, 0) is 56.3 Å². The molecule has 108 valence electrons. The second-order valence-corrected chi connectivity index (χ2v) is 6.11. The summed E-state index contributed by atoms with van der Waals surface area (Å²) in [6.45, 7) is 10.7. The predicted octanol–water partition coefficient (Wildman–Crippen LogP) is 3.61. The topological polar surface area (TPSA) is 37.8 Å². The van der Waals surface area contributed by atoms with E-state index in [1.54, 1.807) is 11.3 Å². The van der Waals surface area contributed by atoms with Crippen LogP contribution in [-0.2, 0) is 6.42 Å². The summed E-state index contributed by atoms with van der Waals surface area (Å²) in [5.41, 5.74) is 4.65. The summed E-state index contributed by atoms with van der Waals surface area (Å²) < 4.78 is 0. The number of nitrogens with one attached hydrogen (secondary N) is 1. The summed E-state index contributed by atoms with van der Waals surface area (Å²) in [6.07, 6.45) is 1.04. The van der Waals surface area contributed by atoms with Crippen molar-refractivity contribution in [2.75, 3.05) is 13.1 Å². The number of nitrogens with zero attached hydrogens (tertiary/aromatic N) is 2. The van der Waals surface area contributed by atoms with Gasteiger partial charge in [-0.2, -0.15) is 11.3 Å². The van der Waals surface area contributed by atoms with Crippen LogP contribution >= 0.6 is 11.3 Å². The van der Waals surface area contributed by atoms with Gasteiger partial charge in [0, 0.05) is 22.3 Å². The molecular formula is C16H23N3S. The van der Waals surface area contributed by atoms with E-state index in [9.17, 15) is 0 Å². The fourth-order valence-corrected chi connectivity index (χ4v) is 3.00. The predicted molar refractivity (Wildman–Crippen MR) is 86.2 cm³/mol. The van der Waals surface area contributed by atoms with E-state index in [0.29, 0.717) is 5.92 Å². The van der Waals surface area contributed by atoms with Crippen LogP contribution in [0.2, 0.25) is 0 Å². The molecule has 0 bridgehead atoms. The third kappa shape index (κ3) is 3.64. The van der Waals surface area contributed by atoms with Crippen molar-refractivity contribution >= 4 is 11.3 Å².